The maximum absolute atomic E-state index is 5.52. The molecular formula is C11H13N5S. The molecule has 0 bridgehead atoms. The first-order valence-electron chi connectivity index (χ1n) is 5.14. The van der Waals surface area contributed by atoms with Crippen LogP contribution in [0.25, 0.3) is 0 Å². The Kier molecular flexibility index (Phi) is 3.34. The van der Waals surface area contributed by atoms with Crippen LogP contribution in [0.4, 0.5) is 5.82 Å². The number of nitrogens with two attached hydrogens (primary N) is 1. The summed E-state index contributed by atoms with van der Waals surface area (Å²) < 4.78 is 1.95. The molecule has 0 aliphatic carbocycles. The van der Waals surface area contributed by atoms with Gasteiger partial charge < -0.3 is 15.6 Å². The molecular weight excluding hydrogens is 234 g/mol. The summed E-state index contributed by atoms with van der Waals surface area (Å²) in [6.07, 6.45) is 3.66. The average molecular weight is 247 g/mol. The van der Waals surface area contributed by atoms with Gasteiger partial charge in [-0.2, -0.15) is 0 Å². The third kappa shape index (κ3) is 2.79. The van der Waals surface area contributed by atoms with E-state index in [4.69, 9.17) is 18.0 Å². The average Bonchev–Trinajstić information content (AvgIpc) is 2.72. The molecule has 2 aromatic rings. The highest BCUT2D eigenvalue weighted by molar-refractivity contribution is 7.80. The zero-order chi connectivity index (χ0) is 12.3. The second kappa shape index (κ2) is 4.92. The number of nitrogens with one attached hydrogen (secondary N) is 1. The fourth-order valence-electron chi connectivity index (χ4n) is 1.41. The molecule has 0 radical (unpaired) electrons. The lowest BCUT2D eigenvalue weighted by Gasteiger charge is -2.06. The van der Waals surface area contributed by atoms with Gasteiger partial charge in [0.25, 0.3) is 0 Å². The van der Waals surface area contributed by atoms with Crippen LogP contribution in [-0.4, -0.2) is 19.5 Å². The number of pyridine rings is 1. The molecule has 6 heteroatoms. The predicted molar refractivity (Wildman–Crippen MR) is 70.7 cm³/mol. The first-order valence-corrected chi connectivity index (χ1v) is 5.54. The maximum Gasteiger partial charge on any atom is 0.127 e. The van der Waals surface area contributed by atoms with Crippen molar-refractivity contribution in [3.63, 3.8) is 0 Å². The lowest BCUT2D eigenvalue weighted by atomic mass is 10.3. The molecule has 17 heavy (non-hydrogen) atoms. The predicted octanol–water partition coefficient (Wildman–Crippen LogP) is 1.06. The molecule has 0 atom stereocenters. The van der Waals surface area contributed by atoms with Crippen molar-refractivity contribution in [2.24, 2.45) is 12.8 Å². The van der Waals surface area contributed by atoms with Crippen LogP contribution in [0.2, 0.25) is 0 Å². The number of nitrogens with zero attached hydrogens (tertiary/aromatic N) is 3. The molecule has 0 aliphatic rings. The lowest BCUT2D eigenvalue weighted by Crippen LogP contribution is -2.13. The van der Waals surface area contributed by atoms with Gasteiger partial charge >= 0.3 is 0 Å². The van der Waals surface area contributed by atoms with Crippen LogP contribution in [0.5, 0.6) is 0 Å². The van der Waals surface area contributed by atoms with Crippen molar-refractivity contribution in [3.05, 3.63) is 42.1 Å². The highest BCUT2D eigenvalue weighted by atomic mass is 32.1. The van der Waals surface area contributed by atoms with Crippen molar-refractivity contribution in [1.29, 1.82) is 0 Å². The number of aryl methyl sites for hydroxylation is 1. The highest BCUT2D eigenvalue weighted by Gasteiger charge is 2.02. The van der Waals surface area contributed by atoms with Gasteiger partial charge in [0.05, 0.1) is 12.2 Å². The molecule has 2 rings (SSSR count). The summed E-state index contributed by atoms with van der Waals surface area (Å²) in [7, 11) is 1.95. The summed E-state index contributed by atoms with van der Waals surface area (Å²) in [6, 6.07) is 5.52. The molecule has 2 heterocycles. The Morgan fingerprint density at radius 3 is 3.00 bits per heavy atom. The molecule has 0 unspecified atom stereocenters. The zero-order valence-corrected chi connectivity index (χ0v) is 10.2. The van der Waals surface area contributed by atoms with Crippen LogP contribution in [0.3, 0.4) is 0 Å². The number of rotatable bonds is 4. The van der Waals surface area contributed by atoms with E-state index in [1.807, 2.05) is 29.9 Å². The summed E-state index contributed by atoms with van der Waals surface area (Å²) >= 11 is 4.88. The van der Waals surface area contributed by atoms with Crippen molar-refractivity contribution in [2.75, 3.05) is 5.32 Å². The molecule has 0 saturated carbocycles. The third-order valence-electron chi connectivity index (χ3n) is 2.35. The van der Waals surface area contributed by atoms with Gasteiger partial charge in [0.15, 0.2) is 0 Å². The van der Waals surface area contributed by atoms with E-state index in [0.29, 0.717) is 17.2 Å². The van der Waals surface area contributed by atoms with Crippen molar-refractivity contribution in [1.82, 2.24) is 14.5 Å². The second-order valence-corrected chi connectivity index (χ2v) is 4.02. The number of imidazole rings is 1. The molecule has 3 N–H and O–H groups in total. The normalized spacial score (nSPS) is 10.2. The number of hydrogen-bond donors (Lipinski definition) is 2. The van der Waals surface area contributed by atoms with Crippen molar-refractivity contribution < 1.29 is 0 Å². The first-order chi connectivity index (χ1) is 8.16. The molecule has 0 aliphatic heterocycles. The SMILES string of the molecule is Cn1ccnc1CNc1cccc(C(N)=S)n1. The van der Waals surface area contributed by atoms with Crippen LogP contribution < -0.4 is 11.1 Å². The molecule has 2 aromatic heterocycles. The summed E-state index contributed by atoms with van der Waals surface area (Å²) in [5.41, 5.74) is 6.14. The van der Waals surface area contributed by atoms with Gasteiger partial charge in [0.2, 0.25) is 0 Å². The summed E-state index contributed by atoms with van der Waals surface area (Å²) in [4.78, 5) is 8.79. The zero-order valence-electron chi connectivity index (χ0n) is 9.42. The van der Waals surface area contributed by atoms with Crippen LogP contribution in [0.15, 0.2) is 30.6 Å². The van der Waals surface area contributed by atoms with Crippen LogP contribution in [-0.2, 0) is 13.6 Å². The second-order valence-electron chi connectivity index (χ2n) is 3.58. The van der Waals surface area contributed by atoms with Crippen LogP contribution in [0.1, 0.15) is 11.5 Å². The standard InChI is InChI=1S/C11H13N5S/c1-16-6-5-13-10(16)7-14-9-4-2-3-8(15-9)11(12)17/h2-6H,7H2,1H3,(H2,12,17)(H,14,15). The van der Waals surface area contributed by atoms with Crippen molar-refractivity contribution in [2.45, 2.75) is 6.54 Å². The minimum absolute atomic E-state index is 0.297. The van der Waals surface area contributed by atoms with E-state index >= 15 is 0 Å². The van der Waals surface area contributed by atoms with Crippen LogP contribution >= 0.6 is 12.2 Å². The van der Waals surface area contributed by atoms with Gasteiger partial charge in [-0.15, -0.1) is 0 Å². The van der Waals surface area contributed by atoms with Gasteiger partial charge in [-0.05, 0) is 12.1 Å². The number of hydrogen-bond acceptors (Lipinski definition) is 4. The number of thiocarbonyl (C=S) groups is 1. The molecule has 0 saturated heterocycles. The molecule has 88 valence electrons. The van der Waals surface area contributed by atoms with Gasteiger partial charge in [0.1, 0.15) is 16.6 Å². The molecule has 0 aromatic carbocycles. The molecule has 0 amide bonds. The van der Waals surface area contributed by atoms with Gasteiger partial charge in [-0.25, -0.2) is 9.97 Å². The topological polar surface area (TPSA) is 68.8 Å². The summed E-state index contributed by atoms with van der Waals surface area (Å²) in [5.74, 6) is 1.67. The molecule has 0 spiro atoms. The first kappa shape index (κ1) is 11.5. The van der Waals surface area contributed by atoms with Gasteiger partial charge in [0, 0.05) is 19.4 Å². The highest BCUT2D eigenvalue weighted by Crippen LogP contribution is 2.06. The van der Waals surface area contributed by atoms with E-state index < -0.39 is 0 Å². The van der Waals surface area contributed by atoms with Gasteiger partial charge in [-0.3, -0.25) is 0 Å². The summed E-state index contributed by atoms with van der Waals surface area (Å²) in [6.45, 7) is 0.608. The fraction of sp³-hybridized carbons (Fsp3) is 0.182. The Labute approximate surface area is 105 Å². The Balaban J connectivity index is 2.07. The molecule has 5 nitrogen and oxygen atoms in total. The monoisotopic (exact) mass is 247 g/mol. The number of anilines is 1. The maximum atomic E-state index is 5.52. The Morgan fingerprint density at radius 1 is 1.53 bits per heavy atom. The van der Waals surface area contributed by atoms with E-state index in [9.17, 15) is 0 Å². The van der Waals surface area contributed by atoms with Crippen molar-refractivity contribution in [3.8, 4) is 0 Å². The third-order valence-corrected chi connectivity index (χ3v) is 2.56. The van der Waals surface area contributed by atoms with E-state index in [2.05, 4.69) is 15.3 Å². The van der Waals surface area contributed by atoms with E-state index in [1.165, 1.54) is 0 Å². The molecule has 0 fully saturated rings. The van der Waals surface area contributed by atoms with E-state index in [-0.39, 0.29) is 0 Å². The number of aromatic nitrogens is 3. The Morgan fingerprint density at radius 2 is 2.35 bits per heavy atom. The smallest absolute Gasteiger partial charge is 0.127 e. The summed E-state index contributed by atoms with van der Waals surface area (Å²) in [5, 5.41) is 3.17. The van der Waals surface area contributed by atoms with E-state index in [1.54, 1.807) is 12.3 Å². The lowest BCUT2D eigenvalue weighted by molar-refractivity contribution is 0.811. The van der Waals surface area contributed by atoms with Crippen molar-refractivity contribution >= 4 is 23.0 Å². The van der Waals surface area contributed by atoms with Gasteiger partial charge in [-0.1, -0.05) is 18.3 Å². The Hall–Kier alpha value is -1.95. The van der Waals surface area contributed by atoms with E-state index in [0.717, 1.165) is 11.6 Å². The largest absolute Gasteiger partial charge is 0.388 e. The minimum Gasteiger partial charge on any atom is -0.388 e. The minimum atomic E-state index is 0.297. The van der Waals surface area contributed by atoms with Crippen LogP contribution in [0, 0.1) is 0 Å². The Bertz CT molecular complexity index is 534. The fourth-order valence-corrected chi connectivity index (χ4v) is 1.52. The quantitative estimate of drug-likeness (QED) is 0.791.